The molecule has 7 nitrogen and oxygen atoms in total. The van der Waals surface area contributed by atoms with Gasteiger partial charge in [-0.25, -0.2) is 23.5 Å². The van der Waals surface area contributed by atoms with Crippen molar-refractivity contribution in [3.63, 3.8) is 0 Å². The van der Waals surface area contributed by atoms with Crippen LogP contribution >= 0.6 is 0 Å². The molecule has 0 spiro atoms. The van der Waals surface area contributed by atoms with Crippen molar-refractivity contribution in [3.05, 3.63) is 300 Å². The molecule has 8 aromatic carbocycles. The molecule has 2 heterocycles. The number of hydrogen-bond donors (Lipinski definition) is 0. The minimum absolute atomic E-state index is 0. The van der Waals surface area contributed by atoms with Crippen LogP contribution in [0.2, 0.25) is 0 Å². The minimum Gasteiger partial charge on any atom is -0.465 e. The van der Waals surface area contributed by atoms with Gasteiger partial charge in [-0.1, -0.05) is 208 Å². The Morgan fingerprint density at radius 1 is 0.464 bits per heavy atom. The number of nitrogens with zero attached hydrogens (tertiary/aromatic N) is 4. The number of imidazole rings is 2. The van der Waals surface area contributed by atoms with E-state index in [0.717, 1.165) is 33.4 Å². The van der Waals surface area contributed by atoms with Crippen LogP contribution in [0.25, 0.3) is 22.5 Å². The molecule has 9 heteroatoms. The van der Waals surface area contributed by atoms with E-state index in [1.165, 1.54) is 31.4 Å². The second-order valence-electron chi connectivity index (χ2n) is 15.9. The van der Waals surface area contributed by atoms with Crippen LogP contribution in [0.3, 0.4) is 0 Å². The largest absolute Gasteiger partial charge is 0.465 e. The predicted octanol–water partition coefficient (Wildman–Crippen LogP) is 13.3. The van der Waals surface area contributed by atoms with Crippen LogP contribution in [0, 0.1) is 11.6 Å². The maximum Gasteiger partial charge on any atom is 0.338 e. The Morgan fingerprint density at radius 3 is 1.12 bits per heavy atom. The second kappa shape index (κ2) is 20.8. The Labute approximate surface area is 400 Å². The first-order chi connectivity index (χ1) is 33.4. The van der Waals surface area contributed by atoms with Gasteiger partial charge in [-0.05, 0) is 51.6 Å². The fourth-order valence-electron chi connectivity index (χ4n) is 9.22. The minimum atomic E-state index is -0.786. The molecule has 0 radical (unpaired) electrons. The number of aromatic nitrogens is 4. The van der Waals surface area contributed by atoms with Gasteiger partial charge in [0.15, 0.2) is 6.29 Å². The lowest BCUT2D eigenvalue weighted by Crippen LogP contribution is -2.36. The highest BCUT2D eigenvalue weighted by molar-refractivity contribution is 5.96. The molecule has 0 aliphatic rings. The molecule has 0 unspecified atom stereocenters. The van der Waals surface area contributed by atoms with Gasteiger partial charge in [0, 0.05) is 23.5 Å². The lowest BCUT2D eigenvalue weighted by Gasteiger charge is -2.37. The number of halogens is 2. The summed E-state index contributed by atoms with van der Waals surface area (Å²) < 4.78 is 38.7. The average Bonchev–Trinajstić information content (AvgIpc) is 4.10. The molecular weight excluding hydrogens is 863 g/mol. The average molecular weight is 911 g/mol. The molecule has 0 amide bonds. The molecule has 0 saturated carbocycles. The van der Waals surface area contributed by atoms with E-state index < -0.39 is 28.7 Å². The van der Waals surface area contributed by atoms with Crippen molar-refractivity contribution >= 4 is 12.3 Å². The molecule has 10 aromatic rings. The smallest absolute Gasteiger partial charge is 0.338 e. The van der Waals surface area contributed by atoms with Crippen molar-refractivity contribution in [2.45, 2.75) is 18.5 Å². The molecule has 0 fully saturated rings. The third-order valence-electron chi connectivity index (χ3n) is 12.2. The third-order valence-corrected chi connectivity index (χ3v) is 12.2. The number of hydrogen-bond acceptors (Lipinski definition) is 5. The van der Waals surface area contributed by atoms with Crippen LogP contribution in [-0.4, -0.2) is 38.5 Å². The van der Waals surface area contributed by atoms with Gasteiger partial charge in [0.1, 0.15) is 22.7 Å². The zero-order valence-electron chi connectivity index (χ0n) is 36.9. The summed E-state index contributed by atoms with van der Waals surface area (Å²) in [5.41, 5.74) is 6.09. The van der Waals surface area contributed by atoms with Gasteiger partial charge >= 0.3 is 5.97 Å². The summed E-state index contributed by atoms with van der Waals surface area (Å²) in [5.74, 6) is -1.63. The zero-order chi connectivity index (χ0) is 46.9. The molecule has 0 bridgehead atoms. The highest BCUT2D eigenvalue weighted by Crippen LogP contribution is 2.43. The topological polar surface area (TPSA) is 79.0 Å². The Kier molecular flexibility index (Phi) is 14.1. The Balaban J connectivity index is 0.000000184. The first-order valence-electron chi connectivity index (χ1n) is 21.9. The standard InChI is InChI=1S/C30H23FN2O2.C29H21FN2O.CH4/c1-35-29(34)25-18-11-19-26(31)28(25)27-20-33(21-32-27)30(22-12-5-2-6-13-22,23-14-7-3-8-15-23)24-16-9-4-10-17-24;30-26-18-10-11-22(20-33)28(26)27-19-32(21-31-27)29(23-12-4-1-5-13-23,24-14-6-2-7-15-24)25-16-8-3-9-17-25;/h2-21H,1H3;1-21H;1H4. The van der Waals surface area contributed by atoms with Gasteiger partial charge in [0.25, 0.3) is 0 Å². The van der Waals surface area contributed by atoms with Crippen LogP contribution in [0.5, 0.6) is 0 Å². The number of aldehydes is 1. The van der Waals surface area contributed by atoms with E-state index in [-0.39, 0.29) is 29.7 Å². The van der Waals surface area contributed by atoms with Crippen molar-refractivity contribution < 1.29 is 23.1 Å². The van der Waals surface area contributed by atoms with Gasteiger partial charge in [0.2, 0.25) is 0 Å². The third kappa shape index (κ3) is 8.69. The second-order valence-corrected chi connectivity index (χ2v) is 15.9. The van der Waals surface area contributed by atoms with Crippen molar-refractivity contribution in [2.24, 2.45) is 0 Å². The summed E-state index contributed by atoms with van der Waals surface area (Å²) in [4.78, 5) is 33.2. The first-order valence-corrected chi connectivity index (χ1v) is 21.9. The maximum atomic E-state index is 15.1. The Hall–Kier alpha value is -8.82. The van der Waals surface area contributed by atoms with Gasteiger partial charge in [-0.15, -0.1) is 0 Å². The lowest BCUT2D eigenvalue weighted by atomic mass is 9.77. The molecule has 0 N–H and O–H groups in total. The summed E-state index contributed by atoms with van der Waals surface area (Å²) in [7, 11) is 1.28. The molecule has 0 aliphatic carbocycles. The molecule has 10 rings (SSSR count). The van der Waals surface area contributed by atoms with E-state index in [2.05, 4.69) is 82.8 Å². The van der Waals surface area contributed by atoms with Crippen LogP contribution in [0.1, 0.15) is 61.5 Å². The number of rotatable bonds is 12. The number of ether oxygens (including phenoxy) is 1. The van der Waals surface area contributed by atoms with E-state index in [1.54, 1.807) is 31.0 Å². The molecule has 340 valence electrons. The molecular formula is C60H48F2N4O3. The number of carbonyl (C=O) groups is 2. The highest BCUT2D eigenvalue weighted by Gasteiger charge is 2.40. The SMILES string of the molecule is C.COC(=O)c1cccc(F)c1-c1cn(C(c2ccccc2)(c2ccccc2)c2ccccc2)cn1.O=Cc1cccc(F)c1-c1cn(C(c2ccccc2)(c2ccccc2)c2ccccc2)cn1. The number of carbonyl (C=O) groups excluding carboxylic acids is 2. The molecule has 0 saturated heterocycles. The van der Waals surface area contributed by atoms with Crippen molar-refractivity contribution in [1.82, 2.24) is 19.1 Å². The fourth-order valence-corrected chi connectivity index (χ4v) is 9.22. The summed E-state index contributed by atoms with van der Waals surface area (Å²) in [6, 6.07) is 69.7. The van der Waals surface area contributed by atoms with Crippen LogP contribution < -0.4 is 0 Å². The summed E-state index contributed by atoms with van der Waals surface area (Å²) in [6.45, 7) is 0. The van der Waals surface area contributed by atoms with E-state index >= 15 is 4.39 Å². The Bertz CT molecular complexity index is 3080. The monoisotopic (exact) mass is 910 g/mol. The molecule has 0 aliphatic heterocycles. The summed E-state index contributed by atoms with van der Waals surface area (Å²) >= 11 is 0. The van der Waals surface area contributed by atoms with E-state index in [4.69, 9.17) is 4.74 Å². The predicted molar refractivity (Wildman–Crippen MR) is 268 cm³/mol. The lowest BCUT2D eigenvalue weighted by molar-refractivity contribution is 0.0601. The van der Waals surface area contributed by atoms with Crippen LogP contribution in [0.4, 0.5) is 8.78 Å². The fraction of sp³-hybridized carbons (Fsp3) is 0.0667. The summed E-state index contributed by atoms with van der Waals surface area (Å²) in [5, 5.41) is 0. The quantitative estimate of drug-likeness (QED) is 0.0693. The van der Waals surface area contributed by atoms with Gasteiger partial charge in [0.05, 0.1) is 42.3 Å². The maximum absolute atomic E-state index is 15.1. The first kappa shape index (κ1) is 46.7. The van der Waals surface area contributed by atoms with Gasteiger partial charge in [-0.3, -0.25) is 4.79 Å². The number of methoxy groups -OCH3 is 1. The van der Waals surface area contributed by atoms with Gasteiger partial charge < -0.3 is 13.9 Å². The van der Waals surface area contributed by atoms with Crippen molar-refractivity contribution in [2.75, 3.05) is 7.11 Å². The van der Waals surface area contributed by atoms with E-state index in [1.807, 2.05) is 125 Å². The number of benzene rings is 8. The highest BCUT2D eigenvalue weighted by atomic mass is 19.1. The molecule has 0 atom stereocenters. The van der Waals surface area contributed by atoms with Crippen molar-refractivity contribution in [3.8, 4) is 22.5 Å². The summed E-state index contributed by atoms with van der Waals surface area (Å²) in [6.07, 6.45) is 7.67. The number of esters is 1. The van der Waals surface area contributed by atoms with Crippen molar-refractivity contribution in [1.29, 1.82) is 0 Å². The molecule has 69 heavy (non-hydrogen) atoms. The Morgan fingerprint density at radius 2 is 0.783 bits per heavy atom. The zero-order valence-corrected chi connectivity index (χ0v) is 36.9. The van der Waals surface area contributed by atoms with Gasteiger partial charge in [-0.2, -0.15) is 0 Å². The molecule has 2 aromatic heterocycles. The van der Waals surface area contributed by atoms with Crippen LogP contribution in [0.15, 0.2) is 243 Å². The van der Waals surface area contributed by atoms with E-state index in [9.17, 15) is 14.0 Å². The van der Waals surface area contributed by atoms with Crippen LogP contribution in [-0.2, 0) is 15.8 Å². The normalized spacial score (nSPS) is 11.1. The van der Waals surface area contributed by atoms with E-state index in [0.29, 0.717) is 17.7 Å².